The van der Waals surface area contributed by atoms with Crippen molar-refractivity contribution >= 4 is 33.2 Å². The van der Waals surface area contributed by atoms with Gasteiger partial charge in [-0.2, -0.15) is 0 Å². The Morgan fingerprint density at radius 3 is 2.25 bits per heavy atom. The highest BCUT2D eigenvalue weighted by atomic mass is 32.2. The monoisotopic (exact) mass is 520 g/mol. The maximum absolute atomic E-state index is 13.1. The molecule has 0 saturated heterocycles. The van der Waals surface area contributed by atoms with Crippen molar-refractivity contribution in [1.29, 1.82) is 0 Å². The quantitative estimate of drug-likeness (QED) is 0.298. The van der Waals surface area contributed by atoms with Crippen molar-refractivity contribution in [3.63, 3.8) is 0 Å². The Hall–Kier alpha value is -3.43. The Balaban J connectivity index is 1.63. The van der Waals surface area contributed by atoms with Gasteiger partial charge in [0.2, 0.25) is 5.91 Å². The number of aromatic nitrogens is 3. The molecular weight excluding hydrogens is 492 g/mol. The van der Waals surface area contributed by atoms with E-state index in [1.54, 1.807) is 34.9 Å². The maximum Gasteiger partial charge on any atom is 0.237 e. The van der Waals surface area contributed by atoms with Crippen LogP contribution in [0.2, 0.25) is 0 Å². The second-order valence-corrected chi connectivity index (χ2v) is 11.6. The summed E-state index contributed by atoms with van der Waals surface area (Å²) in [6, 6.07) is 23.4. The number of hydrogen-bond donors (Lipinski definition) is 1. The van der Waals surface area contributed by atoms with E-state index in [1.807, 2.05) is 69.3 Å². The molecule has 4 aromatic rings. The molecule has 1 amide bonds. The summed E-state index contributed by atoms with van der Waals surface area (Å²) in [7, 11) is -3.64. The number of carbonyl (C=O) groups excluding carboxylic acids is 1. The van der Waals surface area contributed by atoms with Crippen molar-refractivity contribution in [2.75, 3.05) is 5.32 Å². The van der Waals surface area contributed by atoms with Gasteiger partial charge in [0.05, 0.1) is 10.1 Å². The molecule has 4 rings (SSSR count). The van der Waals surface area contributed by atoms with Gasteiger partial charge < -0.3 is 5.32 Å². The molecule has 0 aliphatic rings. The van der Waals surface area contributed by atoms with Crippen LogP contribution in [-0.2, 0) is 20.4 Å². The van der Waals surface area contributed by atoms with Crippen molar-refractivity contribution in [1.82, 2.24) is 14.8 Å². The first-order valence-corrected chi connectivity index (χ1v) is 14.1. The molecule has 1 heterocycles. The van der Waals surface area contributed by atoms with Gasteiger partial charge >= 0.3 is 0 Å². The molecule has 7 nitrogen and oxygen atoms in total. The van der Waals surface area contributed by atoms with E-state index in [4.69, 9.17) is 0 Å². The largest absolute Gasteiger partial charge is 0.325 e. The van der Waals surface area contributed by atoms with Crippen LogP contribution in [0.4, 0.5) is 5.69 Å². The van der Waals surface area contributed by atoms with Crippen molar-refractivity contribution in [3.05, 3.63) is 95.8 Å². The molecule has 0 aliphatic carbocycles. The van der Waals surface area contributed by atoms with E-state index in [2.05, 4.69) is 15.5 Å². The SMILES string of the molecule is CCC(Sc1nnc(CS(=O)(=O)c2ccccc2)n1-c1ccccc1)C(=O)Nc1ccc(C)c(C)c1. The van der Waals surface area contributed by atoms with Crippen LogP contribution >= 0.6 is 11.8 Å². The third-order valence-electron chi connectivity index (χ3n) is 5.82. The second-order valence-electron chi connectivity index (χ2n) is 8.44. The Morgan fingerprint density at radius 2 is 1.61 bits per heavy atom. The third kappa shape index (κ3) is 5.85. The number of sulfone groups is 1. The molecule has 3 aromatic carbocycles. The minimum atomic E-state index is -3.64. The molecule has 186 valence electrons. The number of rotatable bonds is 9. The topological polar surface area (TPSA) is 93.9 Å². The zero-order chi connectivity index (χ0) is 25.7. The standard InChI is InChI=1S/C27H28N4O3S2/c1-4-24(26(32)28-21-16-15-19(2)20(3)17-21)35-27-30-29-25(31(27)22-11-7-5-8-12-22)18-36(33,34)23-13-9-6-10-14-23/h5-17,24H,4,18H2,1-3H3,(H,28,32). The normalized spacial score (nSPS) is 12.3. The number of carbonyl (C=O) groups is 1. The van der Waals surface area contributed by atoms with Gasteiger partial charge in [0.15, 0.2) is 20.8 Å². The molecule has 0 saturated carbocycles. The highest BCUT2D eigenvalue weighted by Gasteiger charge is 2.26. The Labute approximate surface area is 215 Å². The van der Waals surface area contributed by atoms with Gasteiger partial charge in [0.25, 0.3) is 0 Å². The zero-order valence-electron chi connectivity index (χ0n) is 20.4. The average molecular weight is 521 g/mol. The van der Waals surface area contributed by atoms with Crippen LogP contribution in [-0.4, -0.2) is 34.3 Å². The van der Waals surface area contributed by atoms with Crippen LogP contribution in [0.25, 0.3) is 5.69 Å². The lowest BCUT2D eigenvalue weighted by molar-refractivity contribution is -0.115. The molecule has 36 heavy (non-hydrogen) atoms. The van der Waals surface area contributed by atoms with Crippen LogP contribution in [0.3, 0.4) is 0 Å². The summed E-state index contributed by atoms with van der Waals surface area (Å²) < 4.78 is 27.9. The molecule has 0 spiro atoms. The first kappa shape index (κ1) is 25.7. The Morgan fingerprint density at radius 1 is 0.944 bits per heavy atom. The zero-order valence-corrected chi connectivity index (χ0v) is 22.0. The summed E-state index contributed by atoms with van der Waals surface area (Å²) in [4.78, 5) is 13.4. The summed E-state index contributed by atoms with van der Waals surface area (Å²) in [6.07, 6.45) is 0.556. The molecule has 0 aliphatic heterocycles. The number of benzene rings is 3. The molecule has 1 aromatic heterocycles. The highest BCUT2D eigenvalue weighted by Crippen LogP contribution is 2.30. The van der Waals surface area contributed by atoms with Gasteiger partial charge in [-0.25, -0.2) is 8.42 Å². The van der Waals surface area contributed by atoms with Crippen LogP contribution < -0.4 is 5.32 Å². The van der Waals surface area contributed by atoms with Crippen molar-refractivity contribution in [2.45, 2.75) is 48.2 Å². The fraction of sp³-hybridized carbons (Fsp3) is 0.222. The minimum absolute atomic E-state index is 0.146. The first-order valence-electron chi connectivity index (χ1n) is 11.6. The maximum atomic E-state index is 13.1. The van der Waals surface area contributed by atoms with Crippen LogP contribution in [0.1, 0.15) is 30.3 Å². The average Bonchev–Trinajstić information content (AvgIpc) is 3.27. The van der Waals surface area contributed by atoms with Gasteiger partial charge in [0.1, 0.15) is 5.75 Å². The number of nitrogens with one attached hydrogen (secondary N) is 1. The first-order chi connectivity index (χ1) is 17.3. The van der Waals surface area contributed by atoms with Crippen molar-refractivity contribution in [3.8, 4) is 5.69 Å². The van der Waals surface area contributed by atoms with Gasteiger partial charge in [-0.15, -0.1) is 10.2 Å². The summed E-state index contributed by atoms with van der Waals surface area (Å²) >= 11 is 1.27. The predicted molar refractivity (Wildman–Crippen MR) is 143 cm³/mol. The lowest BCUT2D eigenvalue weighted by atomic mass is 10.1. The van der Waals surface area contributed by atoms with Gasteiger partial charge in [-0.1, -0.05) is 61.2 Å². The van der Waals surface area contributed by atoms with Crippen molar-refractivity contribution < 1.29 is 13.2 Å². The molecule has 1 unspecified atom stereocenters. The van der Waals surface area contributed by atoms with Gasteiger partial charge in [0, 0.05) is 11.4 Å². The van der Waals surface area contributed by atoms with Crippen molar-refractivity contribution in [2.24, 2.45) is 0 Å². The summed E-state index contributed by atoms with van der Waals surface area (Å²) in [5.74, 6) is -0.172. The second kappa shape index (κ2) is 11.1. The third-order valence-corrected chi connectivity index (χ3v) is 8.76. The van der Waals surface area contributed by atoms with Gasteiger partial charge in [-0.3, -0.25) is 9.36 Å². The minimum Gasteiger partial charge on any atom is -0.325 e. The van der Waals surface area contributed by atoms with E-state index in [1.165, 1.54) is 11.8 Å². The number of thioether (sulfide) groups is 1. The predicted octanol–water partition coefficient (Wildman–Crippen LogP) is 5.37. The molecular formula is C27H28N4O3S2. The van der Waals surface area contributed by atoms with Gasteiger partial charge in [-0.05, 0) is 67.8 Å². The molecule has 0 fully saturated rings. The molecule has 0 bridgehead atoms. The fourth-order valence-corrected chi connectivity index (χ4v) is 5.94. The van der Waals surface area contributed by atoms with Crippen LogP contribution in [0, 0.1) is 13.8 Å². The lowest BCUT2D eigenvalue weighted by Gasteiger charge is -2.16. The van der Waals surface area contributed by atoms with E-state index in [-0.39, 0.29) is 22.4 Å². The molecule has 0 radical (unpaired) electrons. The number of anilines is 1. The van der Waals surface area contributed by atoms with E-state index in [0.717, 1.165) is 22.5 Å². The summed E-state index contributed by atoms with van der Waals surface area (Å²) in [5.41, 5.74) is 3.72. The Kier molecular flexibility index (Phi) is 7.91. The molecule has 1 N–H and O–H groups in total. The van der Waals surface area contributed by atoms with E-state index >= 15 is 0 Å². The van der Waals surface area contributed by atoms with E-state index in [9.17, 15) is 13.2 Å². The number of para-hydroxylation sites is 1. The smallest absolute Gasteiger partial charge is 0.237 e. The highest BCUT2D eigenvalue weighted by molar-refractivity contribution is 8.00. The molecule has 1 atom stereocenters. The molecule has 9 heteroatoms. The number of nitrogens with zero attached hydrogens (tertiary/aromatic N) is 3. The Bertz CT molecular complexity index is 1450. The lowest BCUT2D eigenvalue weighted by Crippen LogP contribution is -2.25. The number of amides is 1. The fourth-order valence-electron chi connectivity index (χ4n) is 3.68. The van der Waals surface area contributed by atoms with Crippen LogP contribution in [0.15, 0.2) is 88.9 Å². The van der Waals surface area contributed by atoms with Crippen LogP contribution in [0.5, 0.6) is 0 Å². The van der Waals surface area contributed by atoms with E-state index < -0.39 is 15.1 Å². The summed E-state index contributed by atoms with van der Waals surface area (Å²) in [6.45, 7) is 5.96. The summed E-state index contributed by atoms with van der Waals surface area (Å²) in [5, 5.41) is 11.5. The number of aryl methyl sites for hydroxylation is 2. The van der Waals surface area contributed by atoms with E-state index in [0.29, 0.717) is 11.6 Å². The number of hydrogen-bond acceptors (Lipinski definition) is 6.